The van der Waals surface area contributed by atoms with Crippen molar-refractivity contribution in [2.24, 2.45) is 5.73 Å². The molecular weight excluding hydrogens is 566 g/mol. The van der Waals surface area contributed by atoms with E-state index in [2.05, 4.69) is 29.4 Å². The molecule has 39 heavy (non-hydrogen) atoms. The van der Waals surface area contributed by atoms with Crippen LogP contribution in [0.5, 0.6) is 0 Å². The fourth-order valence-electron chi connectivity index (χ4n) is 4.42. The molecule has 12 nitrogen and oxygen atoms in total. The Morgan fingerprint density at radius 2 is 1.95 bits per heavy atom. The number of methoxy groups -OCH3 is 1. The molecule has 3 atom stereocenters. The van der Waals surface area contributed by atoms with Crippen LogP contribution in [0.15, 0.2) is 11.3 Å². The van der Waals surface area contributed by atoms with Crippen LogP contribution in [0.1, 0.15) is 46.0 Å². The third-order valence-corrected chi connectivity index (χ3v) is 9.12. The van der Waals surface area contributed by atoms with Gasteiger partial charge in [-0.25, -0.2) is 4.79 Å². The van der Waals surface area contributed by atoms with Crippen molar-refractivity contribution in [2.75, 3.05) is 44.8 Å². The van der Waals surface area contributed by atoms with Gasteiger partial charge in [0, 0.05) is 38.1 Å². The van der Waals surface area contributed by atoms with Gasteiger partial charge in [0.15, 0.2) is 0 Å². The summed E-state index contributed by atoms with van der Waals surface area (Å²) >= 11 is 8.05. The zero-order valence-electron chi connectivity index (χ0n) is 22.6. The van der Waals surface area contributed by atoms with Crippen molar-refractivity contribution in [1.29, 1.82) is 0 Å². The third-order valence-electron chi connectivity index (χ3n) is 6.35. The molecule has 0 radical (unpaired) electrons. The molecule has 0 aromatic rings. The lowest BCUT2D eigenvalue weighted by molar-refractivity contribution is -0.192. The lowest BCUT2D eigenvalue weighted by atomic mass is 9.98. The molecule has 0 bridgehead atoms. The summed E-state index contributed by atoms with van der Waals surface area (Å²) in [4.78, 5) is 52.3. The quantitative estimate of drug-likeness (QED) is 0.0903. The first-order valence-electron chi connectivity index (χ1n) is 12.9. The van der Waals surface area contributed by atoms with E-state index in [4.69, 9.17) is 27.8 Å². The number of carboxylic acids is 2. The van der Waals surface area contributed by atoms with E-state index >= 15 is 0 Å². The summed E-state index contributed by atoms with van der Waals surface area (Å²) in [6, 6.07) is -1.08. The van der Waals surface area contributed by atoms with E-state index in [1.807, 2.05) is 0 Å². The van der Waals surface area contributed by atoms with Crippen molar-refractivity contribution in [3.63, 3.8) is 0 Å². The van der Waals surface area contributed by atoms with Crippen LogP contribution in [-0.2, 0) is 23.9 Å². The lowest BCUT2D eigenvalue weighted by Gasteiger charge is -2.55. The van der Waals surface area contributed by atoms with E-state index in [0.29, 0.717) is 27.9 Å². The first kappa shape index (κ1) is 33.3. The second kappa shape index (κ2) is 15.8. The van der Waals surface area contributed by atoms with Gasteiger partial charge in [-0.15, -0.1) is 11.8 Å². The zero-order chi connectivity index (χ0) is 29.2. The number of carboxylic acid groups (broad SMARTS) is 2. The fraction of sp³-hybridized carbons (Fsp3) is 0.708. The largest absolute Gasteiger partial charge is 0.480 e. The summed E-state index contributed by atoms with van der Waals surface area (Å²) in [6.07, 6.45) is 2.41. The number of thioether (sulfide) groups is 2. The molecular formula is C24H39N5O7S3. The van der Waals surface area contributed by atoms with Gasteiger partial charge in [-0.1, -0.05) is 37.8 Å². The molecule has 0 saturated carbocycles. The van der Waals surface area contributed by atoms with Gasteiger partial charge in [0.25, 0.3) is 11.6 Å². The second-order valence-electron chi connectivity index (χ2n) is 9.27. The molecule has 6 N–H and O–H groups in total. The molecule has 2 amide bonds. The Morgan fingerprint density at radius 3 is 2.51 bits per heavy atom. The monoisotopic (exact) mass is 605 g/mol. The number of nitrogens with two attached hydrogens (primary N) is 1. The van der Waals surface area contributed by atoms with E-state index in [-0.39, 0.29) is 25.0 Å². The van der Waals surface area contributed by atoms with Crippen molar-refractivity contribution < 1.29 is 34.1 Å². The van der Waals surface area contributed by atoms with Crippen molar-refractivity contribution in [1.82, 2.24) is 20.4 Å². The number of carbonyl (C=O) groups excluding carboxylic acids is 2. The van der Waals surface area contributed by atoms with Crippen molar-refractivity contribution in [2.45, 2.75) is 63.1 Å². The first-order valence-corrected chi connectivity index (χ1v) is 15.3. The molecule has 1 unspecified atom stereocenters. The molecule has 0 aliphatic carbocycles. The van der Waals surface area contributed by atoms with Crippen LogP contribution in [0, 0.1) is 0 Å². The normalized spacial score (nSPS) is 21.3. The number of carbonyl (C=O) groups is 4. The summed E-state index contributed by atoms with van der Waals surface area (Å²) in [5.41, 5.74) is 4.20. The smallest absolute Gasteiger partial charge is 0.352 e. The number of amides is 2. The van der Waals surface area contributed by atoms with E-state index in [9.17, 15) is 24.3 Å². The molecule has 1 fully saturated rings. The van der Waals surface area contributed by atoms with Gasteiger partial charge in [0.2, 0.25) is 5.91 Å². The van der Waals surface area contributed by atoms with Gasteiger partial charge in [-0.2, -0.15) is 0 Å². The average Bonchev–Trinajstić information content (AvgIpc) is 2.89. The standard InChI is InChI=1S/C24H39N5O7S3/c1-4-10-28(11-5-2)12-9-26-23(37)39-14-15-13-38-22-24(36-3,21(35)29(22)18(15)20(33)34)27-17(30)8-6-7-16(25)19(31)32/h16,22H,4-14,25H2,1-3H3,(H,26,37)(H,27,30)(H,31,32)(H,33,34)/t16?,22-,24-/m0/s1. The summed E-state index contributed by atoms with van der Waals surface area (Å²) in [5.74, 6) is -2.96. The highest BCUT2D eigenvalue weighted by atomic mass is 32.2. The highest BCUT2D eigenvalue weighted by Crippen LogP contribution is 2.47. The Hall–Kier alpha value is -1.91. The Balaban J connectivity index is 1.98. The number of nitrogens with one attached hydrogen (secondary N) is 2. The second-order valence-corrected chi connectivity index (χ2v) is 12.0. The molecule has 2 heterocycles. The van der Waals surface area contributed by atoms with Crippen LogP contribution in [-0.4, -0.2) is 110 Å². The first-order chi connectivity index (χ1) is 18.5. The Bertz CT molecular complexity index is 960. The molecule has 15 heteroatoms. The molecule has 220 valence electrons. The van der Waals surface area contributed by atoms with Crippen LogP contribution >= 0.6 is 35.7 Å². The topological polar surface area (TPSA) is 175 Å². The molecule has 2 rings (SSSR count). The molecule has 0 aromatic carbocycles. The Labute approximate surface area is 242 Å². The molecule has 2 aliphatic rings. The van der Waals surface area contributed by atoms with Crippen LogP contribution < -0.4 is 16.4 Å². The van der Waals surface area contributed by atoms with Gasteiger partial charge in [0.05, 0.1) is 0 Å². The number of ether oxygens (including phenoxy) is 1. The highest BCUT2D eigenvalue weighted by Gasteiger charge is 2.66. The minimum Gasteiger partial charge on any atom is -0.480 e. The Kier molecular flexibility index (Phi) is 13.5. The van der Waals surface area contributed by atoms with Crippen molar-refractivity contribution >= 4 is 63.8 Å². The van der Waals surface area contributed by atoms with Crippen LogP contribution in [0.2, 0.25) is 0 Å². The maximum Gasteiger partial charge on any atom is 0.352 e. The number of β-lactam (4-membered cyclic amide) rings is 1. The minimum atomic E-state index is -1.70. The number of aliphatic carboxylic acids is 2. The van der Waals surface area contributed by atoms with Crippen LogP contribution in [0.25, 0.3) is 0 Å². The van der Waals surface area contributed by atoms with Crippen LogP contribution in [0.4, 0.5) is 0 Å². The van der Waals surface area contributed by atoms with Crippen molar-refractivity contribution in [3.05, 3.63) is 11.3 Å². The van der Waals surface area contributed by atoms with Gasteiger partial charge in [0.1, 0.15) is 21.4 Å². The summed E-state index contributed by atoms with van der Waals surface area (Å²) in [6.45, 7) is 7.89. The maximum absolute atomic E-state index is 13.2. The number of hydrogen-bond acceptors (Lipinski definition) is 10. The van der Waals surface area contributed by atoms with E-state index in [0.717, 1.165) is 37.4 Å². The average molecular weight is 606 g/mol. The molecule has 0 aromatic heterocycles. The fourth-order valence-corrected chi connectivity index (χ4v) is 7.01. The zero-order valence-corrected chi connectivity index (χ0v) is 25.0. The number of hydrogen-bond donors (Lipinski definition) is 5. The number of thiocarbonyl (C=S) groups is 1. The molecule has 1 saturated heterocycles. The summed E-state index contributed by atoms with van der Waals surface area (Å²) in [5, 5.41) is 23.9. The lowest BCUT2D eigenvalue weighted by Crippen LogP contribution is -2.80. The van der Waals surface area contributed by atoms with E-state index < -0.39 is 40.9 Å². The Morgan fingerprint density at radius 1 is 1.28 bits per heavy atom. The van der Waals surface area contributed by atoms with Gasteiger partial charge in [-0.3, -0.25) is 19.3 Å². The summed E-state index contributed by atoms with van der Waals surface area (Å²) in [7, 11) is 1.28. The molecule has 2 aliphatic heterocycles. The minimum absolute atomic E-state index is 0.0562. The maximum atomic E-state index is 13.2. The van der Waals surface area contributed by atoms with Gasteiger partial charge in [-0.05, 0) is 44.3 Å². The van der Waals surface area contributed by atoms with Gasteiger partial charge < -0.3 is 36.2 Å². The van der Waals surface area contributed by atoms with E-state index in [1.54, 1.807) is 0 Å². The van der Waals surface area contributed by atoms with Crippen LogP contribution in [0.3, 0.4) is 0 Å². The number of fused-ring (bicyclic) bond motifs is 1. The highest BCUT2D eigenvalue weighted by molar-refractivity contribution is 8.23. The summed E-state index contributed by atoms with van der Waals surface area (Å²) < 4.78 is 5.99. The predicted molar refractivity (Wildman–Crippen MR) is 155 cm³/mol. The van der Waals surface area contributed by atoms with Gasteiger partial charge >= 0.3 is 11.9 Å². The van der Waals surface area contributed by atoms with E-state index in [1.165, 1.54) is 30.6 Å². The third kappa shape index (κ3) is 8.54. The number of rotatable bonds is 17. The van der Waals surface area contributed by atoms with Crippen molar-refractivity contribution in [3.8, 4) is 0 Å². The number of nitrogens with zero attached hydrogens (tertiary/aromatic N) is 2. The SMILES string of the molecule is CCCN(CCC)CCNC(=S)SCC1=C(C(=O)O)N2C(=O)[C@](NC(=O)CCCC(N)C(=O)O)(OC)[C@@H]2SC1. The predicted octanol–water partition coefficient (Wildman–Crippen LogP) is 1.01. The molecule has 0 spiro atoms.